The number of hydrogen-bond acceptors (Lipinski definition) is 2. The Morgan fingerprint density at radius 2 is 1.76 bits per heavy atom. The summed E-state index contributed by atoms with van der Waals surface area (Å²) in [6, 6.07) is 16.8. The van der Waals surface area contributed by atoms with Gasteiger partial charge in [-0.3, -0.25) is 4.79 Å². The van der Waals surface area contributed by atoms with E-state index < -0.39 is 0 Å². The zero-order chi connectivity index (χ0) is 14.9. The first-order valence-electron chi connectivity index (χ1n) is 6.86. The van der Waals surface area contributed by atoms with Crippen molar-refractivity contribution in [1.82, 2.24) is 0 Å². The van der Waals surface area contributed by atoms with Gasteiger partial charge in [0.05, 0.1) is 6.61 Å². The van der Waals surface area contributed by atoms with E-state index in [1.807, 2.05) is 42.5 Å². The second-order valence-electron chi connectivity index (χ2n) is 4.52. The summed E-state index contributed by atoms with van der Waals surface area (Å²) in [5, 5.41) is 0. The van der Waals surface area contributed by atoms with Crippen LogP contribution in [0.25, 0.3) is 6.08 Å². The second kappa shape index (κ2) is 8.28. The topological polar surface area (TPSA) is 26.3 Å². The van der Waals surface area contributed by atoms with Crippen LogP contribution in [-0.4, -0.2) is 18.3 Å². The first-order valence-corrected chi connectivity index (χ1v) is 7.39. The SMILES string of the molecule is O=C(/C=C\c1ccc(OCCCCl)cc1)c1ccccc1. The molecule has 0 bridgehead atoms. The fourth-order valence-electron chi connectivity index (χ4n) is 1.79. The number of ketones is 1. The lowest BCUT2D eigenvalue weighted by atomic mass is 10.1. The maximum atomic E-state index is 11.9. The Morgan fingerprint density at radius 3 is 2.43 bits per heavy atom. The largest absolute Gasteiger partial charge is 0.494 e. The van der Waals surface area contributed by atoms with Crippen LogP contribution in [0.5, 0.6) is 5.75 Å². The van der Waals surface area contributed by atoms with Crippen molar-refractivity contribution in [3.63, 3.8) is 0 Å². The van der Waals surface area contributed by atoms with Gasteiger partial charge in [-0.2, -0.15) is 0 Å². The van der Waals surface area contributed by atoms with Crippen LogP contribution in [0.3, 0.4) is 0 Å². The molecule has 0 N–H and O–H groups in total. The van der Waals surface area contributed by atoms with Crippen LogP contribution in [0.15, 0.2) is 60.7 Å². The Morgan fingerprint density at radius 1 is 1.05 bits per heavy atom. The zero-order valence-corrected chi connectivity index (χ0v) is 12.4. The first-order chi connectivity index (χ1) is 10.3. The quantitative estimate of drug-likeness (QED) is 0.323. The van der Waals surface area contributed by atoms with E-state index in [1.165, 1.54) is 0 Å². The van der Waals surface area contributed by atoms with Gasteiger partial charge in [-0.05, 0) is 30.2 Å². The van der Waals surface area contributed by atoms with Gasteiger partial charge in [0.15, 0.2) is 5.78 Å². The fraction of sp³-hybridized carbons (Fsp3) is 0.167. The van der Waals surface area contributed by atoms with Crippen molar-refractivity contribution in [3.05, 3.63) is 71.8 Å². The van der Waals surface area contributed by atoms with Crippen LogP contribution in [-0.2, 0) is 0 Å². The van der Waals surface area contributed by atoms with Gasteiger partial charge >= 0.3 is 0 Å². The number of rotatable bonds is 7. The molecule has 2 aromatic rings. The summed E-state index contributed by atoms with van der Waals surface area (Å²) < 4.78 is 5.52. The van der Waals surface area contributed by atoms with Gasteiger partial charge in [-0.25, -0.2) is 0 Å². The van der Waals surface area contributed by atoms with Gasteiger partial charge < -0.3 is 4.74 Å². The highest BCUT2D eigenvalue weighted by atomic mass is 35.5. The number of ether oxygens (including phenoxy) is 1. The third kappa shape index (κ3) is 5.09. The molecule has 0 fully saturated rings. The van der Waals surface area contributed by atoms with E-state index in [0.29, 0.717) is 18.1 Å². The fourth-order valence-corrected chi connectivity index (χ4v) is 1.90. The number of alkyl halides is 1. The van der Waals surface area contributed by atoms with Gasteiger partial charge in [0, 0.05) is 11.4 Å². The molecule has 0 aliphatic rings. The Hall–Kier alpha value is -2.06. The maximum absolute atomic E-state index is 11.9. The molecule has 0 heterocycles. The molecule has 2 nitrogen and oxygen atoms in total. The zero-order valence-electron chi connectivity index (χ0n) is 11.7. The van der Waals surface area contributed by atoms with Crippen molar-refractivity contribution in [2.45, 2.75) is 6.42 Å². The van der Waals surface area contributed by atoms with E-state index >= 15 is 0 Å². The molecule has 0 radical (unpaired) electrons. The minimum atomic E-state index is -0.00182. The van der Waals surface area contributed by atoms with E-state index in [2.05, 4.69) is 0 Å². The number of carbonyl (C=O) groups excluding carboxylic acids is 1. The van der Waals surface area contributed by atoms with E-state index in [0.717, 1.165) is 17.7 Å². The third-order valence-corrected chi connectivity index (χ3v) is 3.18. The average Bonchev–Trinajstić information content (AvgIpc) is 2.55. The van der Waals surface area contributed by atoms with E-state index in [9.17, 15) is 4.79 Å². The summed E-state index contributed by atoms with van der Waals surface area (Å²) in [5.41, 5.74) is 1.65. The molecule has 0 aromatic heterocycles. The molecule has 0 saturated heterocycles. The molecule has 0 aliphatic heterocycles. The molecule has 0 atom stereocenters. The van der Waals surface area contributed by atoms with Gasteiger partial charge in [0.1, 0.15) is 5.75 Å². The van der Waals surface area contributed by atoms with Gasteiger partial charge in [-0.15, -0.1) is 11.6 Å². The van der Waals surface area contributed by atoms with Crippen LogP contribution in [0.4, 0.5) is 0 Å². The van der Waals surface area contributed by atoms with Crippen LogP contribution in [0.2, 0.25) is 0 Å². The highest BCUT2D eigenvalue weighted by molar-refractivity contribution is 6.17. The van der Waals surface area contributed by atoms with Crippen molar-refractivity contribution in [2.24, 2.45) is 0 Å². The van der Waals surface area contributed by atoms with Crippen LogP contribution < -0.4 is 4.74 Å². The minimum Gasteiger partial charge on any atom is -0.494 e. The Balaban J connectivity index is 1.93. The predicted molar refractivity (Wildman–Crippen MR) is 87.1 cm³/mol. The molecule has 0 amide bonds. The Kier molecular flexibility index (Phi) is 6.04. The number of benzene rings is 2. The molecule has 3 heteroatoms. The summed E-state index contributed by atoms with van der Waals surface area (Å²) >= 11 is 5.59. The number of allylic oxidation sites excluding steroid dienone is 1. The molecule has 0 spiro atoms. The summed E-state index contributed by atoms with van der Waals surface area (Å²) in [6.45, 7) is 0.616. The molecule has 0 saturated carbocycles. The Bertz CT molecular complexity index is 588. The van der Waals surface area contributed by atoms with Crippen LogP contribution in [0.1, 0.15) is 22.3 Å². The van der Waals surface area contributed by atoms with Crippen molar-refractivity contribution in [1.29, 1.82) is 0 Å². The van der Waals surface area contributed by atoms with E-state index in [1.54, 1.807) is 24.3 Å². The summed E-state index contributed by atoms with van der Waals surface area (Å²) in [7, 11) is 0. The van der Waals surface area contributed by atoms with E-state index in [-0.39, 0.29) is 5.78 Å². The Labute approximate surface area is 130 Å². The van der Waals surface area contributed by atoms with Gasteiger partial charge in [0.2, 0.25) is 0 Å². The molecular formula is C18H17ClO2. The smallest absolute Gasteiger partial charge is 0.185 e. The molecule has 0 aliphatic carbocycles. The van der Waals surface area contributed by atoms with E-state index in [4.69, 9.17) is 16.3 Å². The van der Waals surface area contributed by atoms with Gasteiger partial charge in [-0.1, -0.05) is 48.5 Å². The number of halogens is 1. The van der Waals surface area contributed by atoms with Crippen LogP contribution >= 0.6 is 11.6 Å². The minimum absolute atomic E-state index is 0.00182. The molecule has 0 unspecified atom stereocenters. The maximum Gasteiger partial charge on any atom is 0.185 e. The lowest BCUT2D eigenvalue weighted by Gasteiger charge is -2.04. The third-order valence-electron chi connectivity index (χ3n) is 2.91. The highest BCUT2D eigenvalue weighted by Gasteiger charge is 1.99. The number of hydrogen-bond donors (Lipinski definition) is 0. The lowest BCUT2D eigenvalue weighted by Crippen LogP contribution is -1.97. The molecule has 21 heavy (non-hydrogen) atoms. The highest BCUT2D eigenvalue weighted by Crippen LogP contribution is 2.14. The van der Waals surface area contributed by atoms with Crippen molar-refractivity contribution < 1.29 is 9.53 Å². The second-order valence-corrected chi connectivity index (χ2v) is 4.90. The average molecular weight is 301 g/mol. The molecule has 2 aromatic carbocycles. The monoisotopic (exact) mass is 300 g/mol. The van der Waals surface area contributed by atoms with Gasteiger partial charge in [0.25, 0.3) is 0 Å². The van der Waals surface area contributed by atoms with Crippen molar-refractivity contribution >= 4 is 23.5 Å². The van der Waals surface area contributed by atoms with Crippen molar-refractivity contribution in [2.75, 3.05) is 12.5 Å². The summed E-state index contributed by atoms with van der Waals surface area (Å²) in [6.07, 6.45) is 4.21. The molecule has 108 valence electrons. The first kappa shape index (κ1) is 15.3. The summed E-state index contributed by atoms with van der Waals surface area (Å²) in [4.78, 5) is 11.9. The van der Waals surface area contributed by atoms with Crippen LogP contribution in [0, 0.1) is 0 Å². The predicted octanol–water partition coefficient (Wildman–Crippen LogP) is 4.59. The standard InChI is InChI=1S/C18H17ClO2/c19-13-4-14-21-17-10-7-15(8-11-17)9-12-18(20)16-5-2-1-3-6-16/h1-3,5-12H,4,13-14H2/b12-9-. The normalized spacial score (nSPS) is 10.7. The molecule has 2 rings (SSSR count). The lowest BCUT2D eigenvalue weighted by molar-refractivity contribution is 0.104. The summed E-state index contributed by atoms with van der Waals surface area (Å²) in [5.74, 6) is 1.41. The number of carbonyl (C=O) groups is 1. The molecular weight excluding hydrogens is 284 g/mol. The van der Waals surface area contributed by atoms with Crippen molar-refractivity contribution in [3.8, 4) is 5.75 Å².